The fraction of sp³-hybridized carbons (Fsp3) is 0.174. The molecule has 0 fully saturated rings. The summed E-state index contributed by atoms with van der Waals surface area (Å²) in [7, 11) is -1.71. The van der Waals surface area contributed by atoms with Crippen LogP contribution in [0.1, 0.15) is 11.1 Å². The van der Waals surface area contributed by atoms with Crippen LogP contribution in [-0.4, -0.2) is 35.1 Å². The third-order valence-corrected chi connectivity index (χ3v) is 7.04. The van der Waals surface area contributed by atoms with Crippen LogP contribution < -0.4 is 19.5 Å². The van der Waals surface area contributed by atoms with Crippen LogP contribution >= 0.6 is 11.6 Å². The second-order valence-electron chi connectivity index (χ2n) is 7.12. The Labute approximate surface area is 200 Å². The summed E-state index contributed by atoms with van der Waals surface area (Å²) in [5, 5.41) is -0.0560. The molecular weight excluding hydrogens is 490 g/mol. The van der Waals surface area contributed by atoms with Crippen LogP contribution in [0, 0.1) is 11.6 Å². The maximum absolute atomic E-state index is 14.3. The van der Waals surface area contributed by atoms with E-state index in [1.54, 1.807) is 0 Å². The Balaban J connectivity index is 2.20. The normalized spacial score (nSPS) is 11.2. The van der Waals surface area contributed by atoms with Crippen LogP contribution in [0.5, 0.6) is 11.5 Å². The molecule has 34 heavy (non-hydrogen) atoms. The molecule has 0 aromatic heterocycles. The van der Waals surface area contributed by atoms with E-state index in [0.29, 0.717) is 4.31 Å². The third-order valence-electron chi connectivity index (χ3n) is 4.99. The molecule has 3 rings (SSSR count). The molecule has 0 unspecified atom stereocenters. The summed E-state index contributed by atoms with van der Waals surface area (Å²) < 4.78 is 67.0. The third kappa shape index (κ3) is 5.07. The number of para-hydroxylation sites is 1. The number of carbonyl (C=O) groups excluding carboxylic acids is 1. The Morgan fingerprint density at radius 3 is 2.21 bits per heavy atom. The summed E-state index contributed by atoms with van der Waals surface area (Å²) in [6, 6.07) is 11.6. The Hall–Kier alpha value is -3.37. The molecule has 7 nitrogen and oxygen atoms in total. The summed E-state index contributed by atoms with van der Waals surface area (Å²) in [4.78, 5) is 11.6. The number of halogens is 3. The number of hydrogen-bond acceptors (Lipinski definition) is 5. The van der Waals surface area contributed by atoms with E-state index in [2.05, 4.69) is 0 Å². The van der Waals surface area contributed by atoms with Crippen LogP contribution in [0.2, 0.25) is 5.02 Å². The molecule has 0 aliphatic heterocycles. The average molecular weight is 511 g/mol. The van der Waals surface area contributed by atoms with Gasteiger partial charge < -0.3 is 15.2 Å². The van der Waals surface area contributed by atoms with Crippen molar-refractivity contribution >= 4 is 33.2 Å². The minimum atomic E-state index is -4.44. The number of anilines is 1. The van der Waals surface area contributed by atoms with Gasteiger partial charge in [-0.3, -0.25) is 9.10 Å². The number of rotatable bonds is 9. The molecule has 2 N–H and O–H groups in total. The number of primary amides is 1. The minimum absolute atomic E-state index is 0.0560. The fourth-order valence-corrected chi connectivity index (χ4v) is 5.25. The first-order valence-corrected chi connectivity index (χ1v) is 11.6. The van der Waals surface area contributed by atoms with Crippen molar-refractivity contribution in [2.45, 2.75) is 11.3 Å². The first-order chi connectivity index (χ1) is 16.1. The van der Waals surface area contributed by atoms with Crippen LogP contribution in [0.4, 0.5) is 14.5 Å². The highest BCUT2D eigenvalue weighted by Crippen LogP contribution is 2.37. The van der Waals surface area contributed by atoms with Gasteiger partial charge in [0.2, 0.25) is 5.91 Å². The molecule has 180 valence electrons. The van der Waals surface area contributed by atoms with Crippen LogP contribution in [0.25, 0.3) is 0 Å². The molecule has 11 heteroatoms. The molecule has 3 aromatic rings. The monoisotopic (exact) mass is 510 g/mol. The lowest BCUT2D eigenvalue weighted by Gasteiger charge is -2.27. The number of ether oxygens (including phenoxy) is 2. The highest BCUT2D eigenvalue weighted by molar-refractivity contribution is 7.92. The number of hydrogen-bond donors (Lipinski definition) is 1. The van der Waals surface area contributed by atoms with Gasteiger partial charge in [0.1, 0.15) is 18.2 Å². The van der Waals surface area contributed by atoms with E-state index in [1.807, 2.05) is 0 Å². The second-order valence-corrected chi connectivity index (χ2v) is 9.39. The molecule has 0 aliphatic rings. The summed E-state index contributed by atoms with van der Waals surface area (Å²) in [6.45, 7) is -0.771. The number of benzene rings is 3. The maximum Gasteiger partial charge on any atom is 0.264 e. The zero-order chi connectivity index (χ0) is 25.0. The van der Waals surface area contributed by atoms with Gasteiger partial charge in [0.25, 0.3) is 10.0 Å². The highest BCUT2D eigenvalue weighted by Gasteiger charge is 2.31. The van der Waals surface area contributed by atoms with E-state index in [9.17, 15) is 22.0 Å². The van der Waals surface area contributed by atoms with Gasteiger partial charge >= 0.3 is 0 Å². The molecular formula is C23H21ClF2N2O5S. The van der Waals surface area contributed by atoms with Crippen LogP contribution in [0.15, 0.2) is 59.5 Å². The summed E-state index contributed by atoms with van der Waals surface area (Å²) in [5.74, 6) is -2.16. The average Bonchev–Trinajstić information content (AvgIpc) is 2.79. The summed E-state index contributed by atoms with van der Waals surface area (Å²) in [6.07, 6.45) is -0.328. The zero-order valence-electron chi connectivity index (χ0n) is 18.2. The lowest BCUT2D eigenvalue weighted by Crippen LogP contribution is -2.39. The zero-order valence-corrected chi connectivity index (χ0v) is 19.8. The maximum atomic E-state index is 14.3. The van der Waals surface area contributed by atoms with Gasteiger partial charge in [0, 0.05) is 18.1 Å². The van der Waals surface area contributed by atoms with E-state index >= 15 is 0 Å². The minimum Gasteiger partial charge on any atom is -0.493 e. The molecule has 0 saturated heterocycles. The molecule has 0 bridgehead atoms. The van der Waals surface area contributed by atoms with E-state index in [4.69, 9.17) is 26.8 Å². The Kier molecular flexibility index (Phi) is 7.63. The Morgan fingerprint density at radius 2 is 1.62 bits per heavy atom. The molecule has 3 aromatic carbocycles. The van der Waals surface area contributed by atoms with Gasteiger partial charge in [-0.2, -0.15) is 0 Å². The van der Waals surface area contributed by atoms with E-state index in [-0.39, 0.29) is 44.7 Å². The largest absolute Gasteiger partial charge is 0.493 e. The Morgan fingerprint density at radius 1 is 1.00 bits per heavy atom. The van der Waals surface area contributed by atoms with Gasteiger partial charge in [-0.15, -0.1) is 0 Å². The standard InChI is InChI=1S/C23H21ClF2N2O5S/c1-32-20-10-9-15(12-21(20)33-2)34(30,31)28(13-22(27)29)23-14(5-3-6-17(23)24)11-16-18(25)7-4-8-19(16)26/h3-10,12H,11,13H2,1-2H3,(H2,27,29). The quantitative estimate of drug-likeness (QED) is 0.470. The van der Waals surface area contributed by atoms with Crippen molar-refractivity contribution in [3.63, 3.8) is 0 Å². The van der Waals surface area contributed by atoms with E-state index < -0.39 is 34.1 Å². The number of sulfonamides is 1. The van der Waals surface area contributed by atoms with Gasteiger partial charge in [0.05, 0.1) is 29.8 Å². The topological polar surface area (TPSA) is 98.9 Å². The number of amides is 1. The molecule has 0 spiro atoms. The van der Waals surface area contributed by atoms with Crippen molar-refractivity contribution in [1.29, 1.82) is 0 Å². The van der Waals surface area contributed by atoms with Gasteiger partial charge in [-0.1, -0.05) is 29.8 Å². The van der Waals surface area contributed by atoms with Crippen molar-refractivity contribution in [3.8, 4) is 11.5 Å². The van der Waals surface area contributed by atoms with E-state index in [1.165, 1.54) is 56.7 Å². The van der Waals surface area contributed by atoms with Crippen molar-refractivity contribution in [2.75, 3.05) is 25.1 Å². The second kappa shape index (κ2) is 10.3. The van der Waals surface area contributed by atoms with Crippen molar-refractivity contribution in [1.82, 2.24) is 0 Å². The van der Waals surface area contributed by atoms with Crippen LogP contribution in [0.3, 0.4) is 0 Å². The number of carbonyl (C=O) groups is 1. The number of nitrogens with zero attached hydrogens (tertiary/aromatic N) is 1. The van der Waals surface area contributed by atoms with Crippen molar-refractivity contribution in [3.05, 3.63) is 82.4 Å². The number of methoxy groups -OCH3 is 2. The molecule has 1 amide bonds. The SMILES string of the molecule is COc1ccc(S(=O)(=O)N(CC(N)=O)c2c(Cl)cccc2Cc2c(F)cccc2F)cc1OC. The van der Waals surface area contributed by atoms with Crippen LogP contribution in [-0.2, 0) is 21.2 Å². The molecule has 0 atom stereocenters. The first kappa shape index (κ1) is 25.3. The highest BCUT2D eigenvalue weighted by atomic mass is 35.5. The van der Waals surface area contributed by atoms with Crippen molar-refractivity contribution in [2.24, 2.45) is 5.73 Å². The Bertz CT molecular complexity index is 1310. The first-order valence-electron chi connectivity index (χ1n) is 9.83. The smallest absolute Gasteiger partial charge is 0.264 e. The van der Waals surface area contributed by atoms with Gasteiger partial charge in [-0.05, 0) is 35.9 Å². The fourth-order valence-electron chi connectivity index (χ4n) is 3.40. The number of nitrogens with two attached hydrogens (primary N) is 1. The summed E-state index contributed by atoms with van der Waals surface area (Å²) >= 11 is 6.36. The van der Waals surface area contributed by atoms with Gasteiger partial charge in [-0.25, -0.2) is 17.2 Å². The predicted molar refractivity (Wildman–Crippen MR) is 124 cm³/mol. The lowest BCUT2D eigenvalue weighted by atomic mass is 10.0. The summed E-state index contributed by atoms with van der Waals surface area (Å²) in [5.41, 5.74) is 5.12. The molecule has 0 saturated carbocycles. The molecule has 0 aliphatic carbocycles. The molecule has 0 heterocycles. The predicted octanol–water partition coefficient (Wildman–Crippen LogP) is 3.91. The van der Waals surface area contributed by atoms with Crippen molar-refractivity contribution < 1.29 is 31.5 Å². The van der Waals surface area contributed by atoms with Gasteiger partial charge in [0.15, 0.2) is 11.5 Å². The molecule has 0 radical (unpaired) electrons. The lowest BCUT2D eigenvalue weighted by molar-refractivity contribution is -0.116. The van der Waals surface area contributed by atoms with E-state index in [0.717, 1.165) is 12.1 Å².